The van der Waals surface area contributed by atoms with Gasteiger partial charge in [-0.2, -0.15) is 0 Å². The van der Waals surface area contributed by atoms with E-state index < -0.39 is 5.97 Å². The fourth-order valence-corrected chi connectivity index (χ4v) is 4.09. The highest BCUT2D eigenvalue weighted by molar-refractivity contribution is 7.73. The summed E-state index contributed by atoms with van der Waals surface area (Å²) in [5.74, 6) is 0.458. The summed E-state index contributed by atoms with van der Waals surface area (Å²) < 4.78 is 17.8. The highest BCUT2D eigenvalue weighted by atomic mass is 32.1. The predicted octanol–water partition coefficient (Wildman–Crippen LogP) is 2.16. The van der Waals surface area contributed by atoms with E-state index in [2.05, 4.69) is 11.6 Å². The molecule has 2 aromatic rings. The molecule has 0 unspecified atom stereocenters. The minimum atomic E-state index is -0.557. The van der Waals surface area contributed by atoms with Gasteiger partial charge in [0.1, 0.15) is 17.2 Å². The second-order valence-corrected chi connectivity index (χ2v) is 7.37. The molecule has 0 aliphatic carbocycles. The van der Waals surface area contributed by atoms with Crippen LogP contribution >= 0.6 is 23.6 Å². The molecular formula is C19H18N2O5S2. The van der Waals surface area contributed by atoms with Crippen molar-refractivity contribution in [3.8, 4) is 17.4 Å². The summed E-state index contributed by atoms with van der Waals surface area (Å²) in [6, 6.07) is 1.70. The fraction of sp³-hybridized carbons (Fsp3) is 0.211. The maximum atomic E-state index is 11.9. The van der Waals surface area contributed by atoms with E-state index in [1.54, 1.807) is 28.9 Å². The molecule has 1 aromatic heterocycles. The van der Waals surface area contributed by atoms with Gasteiger partial charge < -0.3 is 19.3 Å². The molecule has 9 heteroatoms. The van der Waals surface area contributed by atoms with Crippen LogP contribution in [0.4, 0.5) is 0 Å². The quantitative estimate of drug-likeness (QED) is 0.440. The topological polar surface area (TPSA) is 82.3 Å². The number of fused-ring (bicyclic) bond motifs is 1. The monoisotopic (exact) mass is 418 g/mol. The molecule has 2 heterocycles. The van der Waals surface area contributed by atoms with E-state index in [9.17, 15) is 9.90 Å². The zero-order valence-corrected chi connectivity index (χ0v) is 17.1. The zero-order chi connectivity index (χ0) is 20.4. The van der Waals surface area contributed by atoms with Crippen LogP contribution in [0.15, 0.2) is 29.4 Å². The summed E-state index contributed by atoms with van der Waals surface area (Å²) in [7, 11) is 4.33. The van der Waals surface area contributed by atoms with E-state index in [1.165, 1.54) is 32.7 Å². The molecule has 0 spiro atoms. The number of methoxy groups -OCH3 is 3. The van der Waals surface area contributed by atoms with Crippen LogP contribution in [-0.4, -0.2) is 37.0 Å². The molecule has 0 saturated heterocycles. The minimum absolute atomic E-state index is 0.0284. The van der Waals surface area contributed by atoms with E-state index in [0.717, 1.165) is 0 Å². The van der Waals surface area contributed by atoms with Crippen molar-refractivity contribution in [2.24, 2.45) is 4.99 Å². The second-order valence-electron chi connectivity index (χ2n) is 5.69. The molecule has 146 valence electrons. The third kappa shape index (κ3) is 3.34. The smallest absolute Gasteiger partial charge is 0.356 e. The molecular weight excluding hydrogens is 400 g/mol. The largest absolute Gasteiger partial charge is 0.496 e. The van der Waals surface area contributed by atoms with Gasteiger partial charge in [-0.15, -0.1) is 17.9 Å². The molecule has 28 heavy (non-hydrogen) atoms. The first-order chi connectivity index (χ1) is 13.4. The Balaban J connectivity index is 2.33. The maximum Gasteiger partial charge on any atom is 0.356 e. The minimum Gasteiger partial charge on any atom is -0.496 e. The highest BCUT2D eigenvalue weighted by Crippen LogP contribution is 2.28. The third-order valence-corrected chi connectivity index (χ3v) is 5.52. The summed E-state index contributed by atoms with van der Waals surface area (Å²) in [5, 5.41) is 11.6. The van der Waals surface area contributed by atoms with Crippen LogP contribution in [0.1, 0.15) is 10.4 Å². The van der Waals surface area contributed by atoms with E-state index in [1.807, 2.05) is 0 Å². The average Bonchev–Trinajstić information content (AvgIpc) is 3.25. The second kappa shape index (κ2) is 7.99. The van der Waals surface area contributed by atoms with Crippen LogP contribution in [0.5, 0.6) is 17.4 Å². The van der Waals surface area contributed by atoms with Gasteiger partial charge in [0.05, 0.1) is 31.6 Å². The van der Waals surface area contributed by atoms with Gasteiger partial charge in [0.2, 0.25) is 5.88 Å². The Hall–Kier alpha value is -2.91. The van der Waals surface area contributed by atoms with Gasteiger partial charge in [-0.05, 0) is 24.4 Å². The number of ether oxygens (including phenoxy) is 3. The fourth-order valence-electron chi connectivity index (χ4n) is 2.82. The molecule has 0 saturated carbocycles. The number of aromatic hydroxyl groups is 1. The van der Waals surface area contributed by atoms with Crippen LogP contribution in [0.3, 0.4) is 0 Å². The van der Waals surface area contributed by atoms with E-state index in [-0.39, 0.29) is 11.6 Å². The summed E-state index contributed by atoms with van der Waals surface area (Å²) in [5.41, 5.74) is 0.781. The first-order valence-electron chi connectivity index (χ1n) is 8.14. The molecule has 0 radical (unpaired) electrons. The van der Waals surface area contributed by atoms with Crippen molar-refractivity contribution < 1.29 is 24.1 Å². The number of rotatable bonds is 6. The molecule has 0 fully saturated rings. The Morgan fingerprint density at radius 2 is 2.07 bits per heavy atom. The van der Waals surface area contributed by atoms with Crippen LogP contribution < -0.4 is 20.0 Å². The Morgan fingerprint density at radius 1 is 1.36 bits per heavy atom. The number of esters is 1. The summed E-state index contributed by atoms with van der Waals surface area (Å²) in [6.07, 6.45) is 4.98. The van der Waals surface area contributed by atoms with Crippen LogP contribution in [0, 0.1) is 3.95 Å². The molecule has 0 bridgehead atoms. The molecule has 1 aromatic carbocycles. The van der Waals surface area contributed by atoms with Gasteiger partial charge in [-0.3, -0.25) is 4.57 Å². The Morgan fingerprint density at radius 3 is 2.68 bits per heavy atom. The normalized spacial score (nSPS) is 12.8. The van der Waals surface area contributed by atoms with Gasteiger partial charge in [-0.25, -0.2) is 9.79 Å². The number of thiazole rings is 1. The number of hydrogen-bond acceptors (Lipinski definition) is 8. The van der Waals surface area contributed by atoms with E-state index in [4.69, 9.17) is 26.4 Å². The molecule has 1 aliphatic rings. The Labute approximate surface area is 170 Å². The highest BCUT2D eigenvalue weighted by Gasteiger charge is 2.21. The number of hydrogen-bond donors (Lipinski definition) is 1. The average molecular weight is 418 g/mol. The van der Waals surface area contributed by atoms with E-state index >= 15 is 0 Å². The summed E-state index contributed by atoms with van der Waals surface area (Å²) in [6.45, 7) is 4.07. The molecule has 7 nitrogen and oxygen atoms in total. The molecule has 1 aliphatic heterocycles. The maximum absolute atomic E-state index is 11.9. The van der Waals surface area contributed by atoms with Crippen molar-refractivity contribution in [3.05, 3.63) is 49.4 Å². The van der Waals surface area contributed by atoms with Crippen LogP contribution in [0.25, 0.3) is 12.2 Å². The van der Waals surface area contributed by atoms with E-state index in [0.29, 0.717) is 43.0 Å². The van der Waals surface area contributed by atoms with Gasteiger partial charge in [-0.1, -0.05) is 6.08 Å². The number of carbonyl (C=O) groups excluding carboxylic acids is 1. The van der Waals surface area contributed by atoms with Crippen molar-refractivity contribution in [2.45, 2.75) is 6.54 Å². The SMILES string of the molecule is C=CCn1c(O)c(C=c2c(OC)cc(OC)c3c2=NC(C(=O)OC)=C3)sc1=S. The number of carbonyl (C=O) groups is 1. The van der Waals surface area contributed by atoms with Crippen molar-refractivity contribution >= 4 is 41.7 Å². The number of benzene rings is 1. The standard InChI is InChI=1S/C19H18N2O5S2/c1-5-6-21-17(22)15(28-19(21)27)8-11-14(25-3)9-13(24-2)10-7-12(18(23)26-4)20-16(10)11/h5,7-9,22H,1,6H2,2-4H3. The Bertz CT molecular complexity index is 1170. The summed E-state index contributed by atoms with van der Waals surface area (Å²) in [4.78, 5) is 16.9. The summed E-state index contributed by atoms with van der Waals surface area (Å²) >= 11 is 6.57. The molecule has 0 amide bonds. The number of nitrogens with zero attached hydrogens (tertiary/aromatic N) is 2. The van der Waals surface area contributed by atoms with Crippen molar-refractivity contribution in [2.75, 3.05) is 21.3 Å². The lowest BCUT2D eigenvalue weighted by molar-refractivity contribution is -0.136. The van der Waals surface area contributed by atoms with Crippen molar-refractivity contribution in [3.63, 3.8) is 0 Å². The molecule has 3 rings (SSSR count). The zero-order valence-electron chi connectivity index (χ0n) is 15.5. The predicted molar refractivity (Wildman–Crippen MR) is 109 cm³/mol. The molecule has 1 N–H and O–H groups in total. The lowest BCUT2D eigenvalue weighted by Gasteiger charge is -2.08. The first kappa shape index (κ1) is 19.8. The van der Waals surface area contributed by atoms with Crippen molar-refractivity contribution in [1.82, 2.24) is 4.57 Å². The van der Waals surface area contributed by atoms with Gasteiger partial charge >= 0.3 is 5.97 Å². The van der Waals surface area contributed by atoms with Crippen LogP contribution in [0.2, 0.25) is 0 Å². The lowest BCUT2D eigenvalue weighted by Crippen LogP contribution is -2.28. The third-order valence-electron chi connectivity index (χ3n) is 4.13. The first-order valence-corrected chi connectivity index (χ1v) is 9.36. The number of aromatic nitrogens is 1. The molecule has 0 atom stereocenters. The van der Waals surface area contributed by atoms with Gasteiger partial charge in [0.15, 0.2) is 3.95 Å². The van der Waals surface area contributed by atoms with Gasteiger partial charge in [0, 0.05) is 23.4 Å². The lowest BCUT2D eigenvalue weighted by atomic mass is 10.1. The van der Waals surface area contributed by atoms with Crippen molar-refractivity contribution in [1.29, 1.82) is 0 Å². The van der Waals surface area contributed by atoms with Gasteiger partial charge in [0.25, 0.3) is 0 Å². The van der Waals surface area contributed by atoms with Crippen LogP contribution in [-0.2, 0) is 16.1 Å². The number of allylic oxidation sites excluding steroid dienone is 1. The Kier molecular flexibility index (Phi) is 5.66.